The molecule has 0 saturated carbocycles. The lowest BCUT2D eigenvalue weighted by Crippen LogP contribution is -2.31. The van der Waals surface area contributed by atoms with Gasteiger partial charge in [-0.05, 0) is 30.2 Å². The summed E-state index contributed by atoms with van der Waals surface area (Å²) in [6.45, 7) is 2.02. The van der Waals surface area contributed by atoms with E-state index in [1.54, 1.807) is 6.07 Å². The van der Waals surface area contributed by atoms with Crippen molar-refractivity contribution in [3.63, 3.8) is 0 Å². The van der Waals surface area contributed by atoms with E-state index < -0.39 is 24.3 Å². The maximum Gasteiger partial charge on any atom is 0.359 e. The first-order valence-corrected chi connectivity index (χ1v) is 9.17. The number of methoxy groups -OCH3 is 1. The molecule has 0 bridgehead atoms. The Morgan fingerprint density at radius 1 is 1.24 bits per heavy atom. The van der Waals surface area contributed by atoms with Crippen LogP contribution in [0.1, 0.15) is 35.8 Å². The molecule has 29 heavy (non-hydrogen) atoms. The molecule has 0 spiro atoms. The zero-order chi connectivity index (χ0) is 21.4. The highest BCUT2D eigenvalue weighted by atomic mass is 19.1. The summed E-state index contributed by atoms with van der Waals surface area (Å²) in [6.07, 6.45) is 1.63. The van der Waals surface area contributed by atoms with Gasteiger partial charge in [-0.25, -0.2) is 13.9 Å². The van der Waals surface area contributed by atoms with Gasteiger partial charge in [-0.2, -0.15) is 5.10 Å². The molecule has 0 aliphatic rings. The SMILES string of the molecule is CCCCn1nc(C(=O)OCC(=O)N(C)Cc2ccc(OC)c(F)c2)ccc1=O. The summed E-state index contributed by atoms with van der Waals surface area (Å²) in [4.78, 5) is 37.4. The molecule has 0 saturated heterocycles. The number of carbonyl (C=O) groups is 2. The zero-order valence-corrected chi connectivity index (χ0v) is 16.7. The van der Waals surface area contributed by atoms with E-state index in [1.165, 1.54) is 48.0 Å². The number of carbonyl (C=O) groups excluding carboxylic acids is 2. The number of amides is 1. The molecule has 156 valence electrons. The molecule has 0 atom stereocenters. The standard InChI is InChI=1S/C20H24FN3O5/c1-4-5-10-24-18(25)9-7-16(22-24)20(27)29-13-19(26)23(2)12-14-6-8-17(28-3)15(21)11-14/h6-9,11H,4-5,10,12-13H2,1-3H3. The number of hydrogen-bond donors (Lipinski definition) is 0. The maximum absolute atomic E-state index is 13.8. The van der Waals surface area contributed by atoms with Crippen LogP contribution in [0.5, 0.6) is 5.75 Å². The summed E-state index contributed by atoms with van der Waals surface area (Å²) in [5.41, 5.74) is 0.209. The molecule has 0 N–H and O–H groups in total. The van der Waals surface area contributed by atoms with Crippen LogP contribution >= 0.6 is 0 Å². The Kier molecular flexibility index (Phi) is 7.88. The molecule has 1 amide bonds. The second-order valence-corrected chi connectivity index (χ2v) is 6.43. The van der Waals surface area contributed by atoms with E-state index in [2.05, 4.69) is 5.10 Å². The fraction of sp³-hybridized carbons (Fsp3) is 0.400. The Balaban J connectivity index is 1.93. The van der Waals surface area contributed by atoms with E-state index in [4.69, 9.17) is 9.47 Å². The van der Waals surface area contributed by atoms with Gasteiger partial charge >= 0.3 is 5.97 Å². The Hall–Kier alpha value is -3.23. The third-order valence-corrected chi connectivity index (χ3v) is 4.19. The zero-order valence-electron chi connectivity index (χ0n) is 16.7. The van der Waals surface area contributed by atoms with Crippen LogP contribution in [0, 0.1) is 5.82 Å². The van der Waals surface area contributed by atoms with E-state index >= 15 is 0 Å². The average molecular weight is 405 g/mol. The van der Waals surface area contributed by atoms with Gasteiger partial charge in [-0.1, -0.05) is 19.4 Å². The molecule has 0 radical (unpaired) electrons. The average Bonchev–Trinajstić information content (AvgIpc) is 2.71. The van der Waals surface area contributed by atoms with Crippen molar-refractivity contribution in [2.24, 2.45) is 0 Å². The van der Waals surface area contributed by atoms with Gasteiger partial charge in [0.1, 0.15) is 0 Å². The minimum Gasteiger partial charge on any atom is -0.494 e. The van der Waals surface area contributed by atoms with Crippen LogP contribution in [-0.2, 0) is 22.6 Å². The van der Waals surface area contributed by atoms with Crippen molar-refractivity contribution in [1.82, 2.24) is 14.7 Å². The summed E-state index contributed by atoms with van der Waals surface area (Å²) in [6, 6.07) is 6.90. The summed E-state index contributed by atoms with van der Waals surface area (Å²) in [7, 11) is 2.88. The number of halogens is 1. The van der Waals surface area contributed by atoms with Crippen LogP contribution in [0.4, 0.5) is 4.39 Å². The Morgan fingerprint density at radius 3 is 2.66 bits per heavy atom. The second kappa shape index (κ2) is 10.4. The Bertz CT molecular complexity index is 929. The van der Waals surface area contributed by atoms with E-state index in [9.17, 15) is 18.8 Å². The Labute approximate surface area is 167 Å². The molecule has 1 aromatic heterocycles. The number of aromatic nitrogens is 2. The first-order chi connectivity index (χ1) is 13.8. The van der Waals surface area contributed by atoms with Gasteiger partial charge in [0, 0.05) is 26.2 Å². The summed E-state index contributed by atoms with van der Waals surface area (Å²) in [5, 5.41) is 3.98. The van der Waals surface area contributed by atoms with Gasteiger partial charge in [0.05, 0.1) is 7.11 Å². The van der Waals surface area contributed by atoms with Gasteiger partial charge in [-0.3, -0.25) is 9.59 Å². The summed E-state index contributed by atoms with van der Waals surface area (Å²) in [5.74, 6) is -1.67. The number of unbranched alkanes of at least 4 members (excludes halogenated alkanes) is 1. The molecule has 8 nitrogen and oxygen atoms in total. The second-order valence-electron chi connectivity index (χ2n) is 6.43. The largest absolute Gasteiger partial charge is 0.494 e. The lowest BCUT2D eigenvalue weighted by molar-refractivity contribution is -0.133. The van der Waals surface area contributed by atoms with E-state index in [0.29, 0.717) is 12.1 Å². The van der Waals surface area contributed by atoms with Crippen LogP contribution in [0.2, 0.25) is 0 Å². The summed E-state index contributed by atoms with van der Waals surface area (Å²) >= 11 is 0. The van der Waals surface area contributed by atoms with E-state index in [0.717, 1.165) is 12.8 Å². The van der Waals surface area contributed by atoms with Gasteiger partial charge in [0.2, 0.25) is 0 Å². The van der Waals surface area contributed by atoms with Crippen LogP contribution in [0.25, 0.3) is 0 Å². The molecule has 0 unspecified atom stereocenters. The monoisotopic (exact) mass is 405 g/mol. The number of esters is 1. The molecule has 1 aromatic carbocycles. The van der Waals surface area contributed by atoms with Crippen LogP contribution < -0.4 is 10.3 Å². The van der Waals surface area contributed by atoms with Crippen molar-refractivity contribution in [3.8, 4) is 5.75 Å². The summed E-state index contributed by atoms with van der Waals surface area (Å²) < 4.78 is 24.8. The number of nitrogens with zero attached hydrogens (tertiary/aromatic N) is 3. The topological polar surface area (TPSA) is 90.7 Å². The smallest absolute Gasteiger partial charge is 0.359 e. The van der Waals surface area contributed by atoms with Crippen molar-refractivity contribution in [2.75, 3.05) is 20.8 Å². The van der Waals surface area contributed by atoms with Gasteiger partial charge in [0.15, 0.2) is 23.9 Å². The highest BCUT2D eigenvalue weighted by molar-refractivity contribution is 5.89. The van der Waals surface area contributed by atoms with E-state index in [1.807, 2.05) is 6.92 Å². The lowest BCUT2D eigenvalue weighted by Gasteiger charge is -2.17. The van der Waals surface area contributed by atoms with Crippen LogP contribution in [-0.4, -0.2) is 47.3 Å². The minimum atomic E-state index is -0.799. The molecule has 1 heterocycles. The normalized spacial score (nSPS) is 10.5. The van der Waals surface area contributed by atoms with Crippen LogP contribution in [0.15, 0.2) is 35.1 Å². The molecule has 9 heteroatoms. The van der Waals surface area contributed by atoms with Crippen molar-refractivity contribution in [1.29, 1.82) is 0 Å². The first kappa shape index (κ1) is 22.1. The van der Waals surface area contributed by atoms with Crippen molar-refractivity contribution in [2.45, 2.75) is 32.9 Å². The predicted molar refractivity (Wildman–Crippen MR) is 103 cm³/mol. The number of ether oxygens (including phenoxy) is 2. The van der Waals surface area contributed by atoms with Crippen LogP contribution in [0.3, 0.4) is 0 Å². The fourth-order valence-electron chi connectivity index (χ4n) is 2.51. The molecule has 0 aliphatic heterocycles. The van der Waals surface area contributed by atoms with Gasteiger partial charge in [-0.15, -0.1) is 0 Å². The van der Waals surface area contributed by atoms with Crippen molar-refractivity contribution in [3.05, 3.63) is 57.8 Å². The molecular formula is C20H24FN3O5. The van der Waals surface area contributed by atoms with Crippen molar-refractivity contribution >= 4 is 11.9 Å². The molecule has 0 fully saturated rings. The van der Waals surface area contributed by atoms with Gasteiger partial charge in [0.25, 0.3) is 11.5 Å². The number of likely N-dealkylation sites (N-methyl/N-ethyl adjacent to an activating group) is 1. The first-order valence-electron chi connectivity index (χ1n) is 9.17. The molecule has 2 rings (SSSR count). The fourth-order valence-corrected chi connectivity index (χ4v) is 2.51. The predicted octanol–water partition coefficient (Wildman–Crippen LogP) is 2.01. The van der Waals surface area contributed by atoms with E-state index in [-0.39, 0.29) is 23.5 Å². The highest BCUT2D eigenvalue weighted by Crippen LogP contribution is 2.18. The third-order valence-electron chi connectivity index (χ3n) is 4.19. The van der Waals surface area contributed by atoms with Gasteiger partial charge < -0.3 is 14.4 Å². The molecule has 0 aliphatic carbocycles. The number of rotatable bonds is 9. The molecular weight excluding hydrogens is 381 g/mol. The maximum atomic E-state index is 13.8. The molecule has 2 aromatic rings. The number of benzene rings is 1. The Morgan fingerprint density at radius 2 is 2.00 bits per heavy atom. The lowest BCUT2D eigenvalue weighted by atomic mass is 10.2. The highest BCUT2D eigenvalue weighted by Gasteiger charge is 2.16. The minimum absolute atomic E-state index is 0.0478. The van der Waals surface area contributed by atoms with Crippen molar-refractivity contribution < 1.29 is 23.5 Å². The number of hydrogen-bond acceptors (Lipinski definition) is 6. The third kappa shape index (κ3) is 6.13. The number of aryl methyl sites for hydroxylation is 1. The quantitative estimate of drug-likeness (QED) is 0.593.